The average Bonchev–Trinajstić information content (AvgIpc) is 2.78. The average molecular weight is 270 g/mol. The number of carbonyl (C=O) groups excluding carboxylic acids is 1. The quantitative estimate of drug-likeness (QED) is 0.870. The second-order valence-corrected chi connectivity index (χ2v) is 4.68. The molecule has 1 aliphatic rings. The summed E-state index contributed by atoms with van der Waals surface area (Å²) in [5.41, 5.74) is 0.428. The fourth-order valence-electron chi connectivity index (χ4n) is 1.98. The SMILES string of the molecule is CCNc1cc(C(=O)N2CCC(O)C2)c(Cl)cn1. The van der Waals surface area contributed by atoms with Gasteiger partial charge in [-0.1, -0.05) is 11.6 Å². The number of halogens is 1. The van der Waals surface area contributed by atoms with Crippen molar-refractivity contribution in [3.05, 3.63) is 22.8 Å². The summed E-state index contributed by atoms with van der Waals surface area (Å²) in [6.07, 6.45) is 1.66. The van der Waals surface area contributed by atoms with Crippen molar-refractivity contribution < 1.29 is 9.90 Å². The molecule has 6 heteroatoms. The van der Waals surface area contributed by atoms with Crippen LogP contribution in [-0.2, 0) is 0 Å². The summed E-state index contributed by atoms with van der Waals surface area (Å²) in [7, 11) is 0. The molecule has 1 aromatic heterocycles. The number of likely N-dealkylation sites (tertiary alicyclic amines) is 1. The maximum absolute atomic E-state index is 12.2. The first-order chi connectivity index (χ1) is 8.61. The second kappa shape index (κ2) is 5.54. The molecule has 0 aliphatic carbocycles. The third-order valence-electron chi connectivity index (χ3n) is 2.89. The standard InChI is InChI=1S/C12H16ClN3O2/c1-2-14-11-5-9(10(13)6-15-11)12(18)16-4-3-8(17)7-16/h5-6,8,17H,2-4,7H2,1H3,(H,14,15). The van der Waals surface area contributed by atoms with Gasteiger partial charge in [-0.25, -0.2) is 4.98 Å². The third-order valence-corrected chi connectivity index (χ3v) is 3.20. The highest BCUT2D eigenvalue weighted by Gasteiger charge is 2.26. The molecule has 1 amide bonds. The van der Waals surface area contributed by atoms with Gasteiger partial charge in [0.25, 0.3) is 5.91 Å². The van der Waals surface area contributed by atoms with Gasteiger partial charge in [-0.2, -0.15) is 0 Å². The Bertz CT molecular complexity index is 453. The van der Waals surface area contributed by atoms with Gasteiger partial charge in [-0.15, -0.1) is 0 Å². The molecule has 1 atom stereocenters. The van der Waals surface area contributed by atoms with Gasteiger partial charge >= 0.3 is 0 Å². The second-order valence-electron chi connectivity index (χ2n) is 4.27. The molecule has 1 unspecified atom stereocenters. The molecule has 1 saturated heterocycles. The minimum Gasteiger partial charge on any atom is -0.391 e. The minimum atomic E-state index is -0.428. The van der Waals surface area contributed by atoms with Crippen LogP contribution >= 0.6 is 11.6 Å². The van der Waals surface area contributed by atoms with Crippen molar-refractivity contribution in [2.75, 3.05) is 25.0 Å². The third kappa shape index (κ3) is 2.73. The van der Waals surface area contributed by atoms with Gasteiger partial charge in [-0.05, 0) is 19.4 Å². The van der Waals surface area contributed by atoms with Crippen molar-refractivity contribution in [3.63, 3.8) is 0 Å². The summed E-state index contributed by atoms with van der Waals surface area (Å²) in [5, 5.41) is 12.8. The van der Waals surface area contributed by atoms with E-state index in [0.29, 0.717) is 35.9 Å². The van der Waals surface area contributed by atoms with E-state index in [1.165, 1.54) is 6.20 Å². The van der Waals surface area contributed by atoms with Crippen LogP contribution in [0.3, 0.4) is 0 Å². The first kappa shape index (κ1) is 13.1. The van der Waals surface area contributed by atoms with E-state index in [2.05, 4.69) is 10.3 Å². The fraction of sp³-hybridized carbons (Fsp3) is 0.500. The predicted octanol–water partition coefficient (Wildman–Crippen LogP) is 1.37. The first-order valence-electron chi connectivity index (χ1n) is 5.98. The summed E-state index contributed by atoms with van der Waals surface area (Å²) < 4.78 is 0. The number of pyridine rings is 1. The van der Waals surface area contributed by atoms with Gasteiger partial charge in [0.2, 0.25) is 0 Å². The van der Waals surface area contributed by atoms with Crippen LogP contribution in [0, 0.1) is 0 Å². The fourth-order valence-corrected chi connectivity index (χ4v) is 2.16. The molecule has 1 aromatic rings. The van der Waals surface area contributed by atoms with Crippen LogP contribution in [0.4, 0.5) is 5.82 Å². The molecule has 0 saturated carbocycles. The highest BCUT2D eigenvalue weighted by Crippen LogP contribution is 2.22. The normalized spacial score (nSPS) is 19.1. The van der Waals surface area contributed by atoms with Gasteiger partial charge in [0.05, 0.1) is 16.7 Å². The number of nitrogens with one attached hydrogen (secondary N) is 1. The molecule has 5 nitrogen and oxygen atoms in total. The topological polar surface area (TPSA) is 65.5 Å². The number of aliphatic hydroxyl groups excluding tert-OH is 1. The zero-order chi connectivity index (χ0) is 13.1. The van der Waals surface area contributed by atoms with Gasteiger partial charge in [0.1, 0.15) is 5.82 Å². The highest BCUT2D eigenvalue weighted by atomic mass is 35.5. The molecular weight excluding hydrogens is 254 g/mol. The number of carbonyl (C=O) groups is 1. The summed E-state index contributed by atoms with van der Waals surface area (Å²) in [5.74, 6) is 0.475. The lowest BCUT2D eigenvalue weighted by molar-refractivity contribution is 0.0765. The lowest BCUT2D eigenvalue weighted by atomic mass is 10.2. The molecule has 1 aliphatic heterocycles. The summed E-state index contributed by atoms with van der Waals surface area (Å²) in [6, 6.07) is 1.65. The Hall–Kier alpha value is -1.33. The van der Waals surface area contributed by atoms with E-state index < -0.39 is 6.10 Å². The molecule has 0 spiro atoms. The monoisotopic (exact) mass is 269 g/mol. The Kier molecular flexibility index (Phi) is 4.04. The molecule has 18 heavy (non-hydrogen) atoms. The van der Waals surface area contributed by atoms with E-state index in [-0.39, 0.29) is 5.91 Å². The Morgan fingerprint density at radius 3 is 3.11 bits per heavy atom. The summed E-state index contributed by atoms with van der Waals surface area (Å²) >= 11 is 6.01. The van der Waals surface area contributed by atoms with Crippen LogP contribution < -0.4 is 5.32 Å². The molecule has 0 aromatic carbocycles. The Labute approximate surface area is 111 Å². The zero-order valence-electron chi connectivity index (χ0n) is 10.2. The van der Waals surface area contributed by atoms with Crippen LogP contribution in [0.1, 0.15) is 23.7 Å². The van der Waals surface area contributed by atoms with Gasteiger partial charge in [0.15, 0.2) is 0 Å². The number of rotatable bonds is 3. The zero-order valence-corrected chi connectivity index (χ0v) is 10.9. The molecule has 2 N–H and O–H groups in total. The lowest BCUT2D eigenvalue weighted by Gasteiger charge is -2.16. The van der Waals surface area contributed by atoms with Gasteiger partial charge in [-0.3, -0.25) is 4.79 Å². The maximum Gasteiger partial charge on any atom is 0.255 e. The number of aliphatic hydroxyl groups is 1. The largest absolute Gasteiger partial charge is 0.391 e. The van der Waals surface area contributed by atoms with Gasteiger partial charge in [0, 0.05) is 25.8 Å². The van der Waals surface area contributed by atoms with Crippen LogP contribution in [0.25, 0.3) is 0 Å². The van der Waals surface area contributed by atoms with Crippen LogP contribution in [0.2, 0.25) is 5.02 Å². The number of anilines is 1. The smallest absolute Gasteiger partial charge is 0.255 e. The van der Waals surface area contributed by atoms with E-state index in [1.54, 1.807) is 11.0 Å². The molecule has 0 radical (unpaired) electrons. The Morgan fingerprint density at radius 2 is 2.50 bits per heavy atom. The highest BCUT2D eigenvalue weighted by molar-refractivity contribution is 6.33. The molecule has 2 rings (SSSR count). The number of nitrogens with zero attached hydrogens (tertiary/aromatic N) is 2. The lowest BCUT2D eigenvalue weighted by Crippen LogP contribution is -2.29. The van der Waals surface area contributed by atoms with E-state index in [9.17, 15) is 9.90 Å². The summed E-state index contributed by atoms with van der Waals surface area (Å²) in [4.78, 5) is 17.9. The number of aromatic nitrogens is 1. The van der Waals surface area contributed by atoms with E-state index >= 15 is 0 Å². The van der Waals surface area contributed by atoms with Crippen molar-refractivity contribution in [1.29, 1.82) is 0 Å². The van der Waals surface area contributed by atoms with Gasteiger partial charge < -0.3 is 15.3 Å². The number of hydrogen-bond donors (Lipinski definition) is 2. The number of β-amino-alcohol motifs (C(OH)–C–C–N with tert-alkyl or cyclic N) is 1. The van der Waals surface area contributed by atoms with Crippen molar-refractivity contribution in [2.45, 2.75) is 19.4 Å². The predicted molar refractivity (Wildman–Crippen MR) is 69.9 cm³/mol. The van der Waals surface area contributed by atoms with Crippen molar-refractivity contribution in [1.82, 2.24) is 9.88 Å². The minimum absolute atomic E-state index is 0.155. The van der Waals surface area contributed by atoms with Crippen molar-refractivity contribution >= 4 is 23.3 Å². The molecule has 1 fully saturated rings. The molecule has 2 heterocycles. The van der Waals surface area contributed by atoms with E-state index in [1.807, 2.05) is 6.92 Å². The molecule has 0 bridgehead atoms. The number of amides is 1. The maximum atomic E-state index is 12.2. The Morgan fingerprint density at radius 1 is 1.72 bits per heavy atom. The summed E-state index contributed by atoms with van der Waals surface area (Å²) in [6.45, 7) is 3.61. The molecular formula is C12H16ClN3O2. The Balaban J connectivity index is 2.21. The number of hydrogen-bond acceptors (Lipinski definition) is 4. The van der Waals surface area contributed by atoms with Crippen LogP contribution in [0.15, 0.2) is 12.3 Å². The van der Waals surface area contributed by atoms with E-state index in [4.69, 9.17) is 11.6 Å². The first-order valence-corrected chi connectivity index (χ1v) is 6.36. The molecule has 98 valence electrons. The van der Waals surface area contributed by atoms with Crippen molar-refractivity contribution in [2.24, 2.45) is 0 Å². The van der Waals surface area contributed by atoms with Crippen LogP contribution in [-0.4, -0.2) is 46.6 Å². The van der Waals surface area contributed by atoms with E-state index in [0.717, 1.165) is 6.54 Å². The van der Waals surface area contributed by atoms with Crippen LogP contribution in [0.5, 0.6) is 0 Å². The van der Waals surface area contributed by atoms with Crippen molar-refractivity contribution in [3.8, 4) is 0 Å².